The van der Waals surface area contributed by atoms with Crippen molar-refractivity contribution in [1.29, 1.82) is 0 Å². The fraction of sp³-hybridized carbons (Fsp3) is 0.417. The third-order valence-corrected chi connectivity index (χ3v) is 2.74. The lowest BCUT2D eigenvalue weighted by Gasteiger charge is -2.17. The standard InChI is InChI=1S/C12H16ClFN2O2/c1-16(2)6-5-15-11(12(17)18)8-3-4-9(13)10(14)7-8/h3-4,7,11,15H,5-6H2,1-2H3,(H,17,18). The number of carboxylic acid groups (broad SMARTS) is 1. The normalized spacial score (nSPS) is 12.7. The number of nitrogens with one attached hydrogen (secondary N) is 1. The Kier molecular flexibility index (Phi) is 5.53. The van der Waals surface area contributed by atoms with E-state index in [4.69, 9.17) is 16.7 Å². The van der Waals surface area contributed by atoms with Crippen LogP contribution in [-0.4, -0.2) is 43.2 Å². The predicted molar refractivity (Wildman–Crippen MR) is 68.3 cm³/mol. The summed E-state index contributed by atoms with van der Waals surface area (Å²) in [5, 5.41) is 12.0. The van der Waals surface area contributed by atoms with Gasteiger partial charge in [-0.2, -0.15) is 0 Å². The topological polar surface area (TPSA) is 52.6 Å². The van der Waals surface area contributed by atoms with Crippen LogP contribution in [0, 0.1) is 5.82 Å². The van der Waals surface area contributed by atoms with Gasteiger partial charge in [0.1, 0.15) is 11.9 Å². The summed E-state index contributed by atoms with van der Waals surface area (Å²) >= 11 is 5.56. The molecule has 1 aromatic rings. The molecule has 0 aromatic heterocycles. The molecule has 1 aromatic carbocycles. The van der Waals surface area contributed by atoms with Crippen molar-refractivity contribution < 1.29 is 14.3 Å². The van der Waals surface area contributed by atoms with E-state index in [0.717, 1.165) is 6.07 Å². The average molecular weight is 275 g/mol. The SMILES string of the molecule is CN(C)CCNC(C(=O)O)c1ccc(Cl)c(F)c1. The molecule has 0 bridgehead atoms. The van der Waals surface area contributed by atoms with Gasteiger partial charge in [-0.3, -0.25) is 10.1 Å². The molecule has 1 atom stereocenters. The van der Waals surface area contributed by atoms with Crippen molar-refractivity contribution in [3.05, 3.63) is 34.6 Å². The van der Waals surface area contributed by atoms with Gasteiger partial charge in [0.15, 0.2) is 0 Å². The first-order valence-corrected chi connectivity index (χ1v) is 5.85. The van der Waals surface area contributed by atoms with Crippen LogP contribution in [0.3, 0.4) is 0 Å². The number of hydrogen-bond acceptors (Lipinski definition) is 3. The first-order valence-electron chi connectivity index (χ1n) is 5.47. The molecule has 2 N–H and O–H groups in total. The summed E-state index contributed by atoms with van der Waals surface area (Å²) in [6.45, 7) is 1.19. The molecule has 100 valence electrons. The van der Waals surface area contributed by atoms with Crippen molar-refractivity contribution in [2.45, 2.75) is 6.04 Å². The molecule has 0 aliphatic carbocycles. The molecule has 0 saturated carbocycles. The van der Waals surface area contributed by atoms with Crippen LogP contribution >= 0.6 is 11.6 Å². The second-order valence-electron chi connectivity index (χ2n) is 4.20. The molecule has 0 amide bonds. The van der Waals surface area contributed by atoms with Gasteiger partial charge in [0.2, 0.25) is 0 Å². The minimum absolute atomic E-state index is 0.0174. The first kappa shape index (κ1) is 14.9. The largest absolute Gasteiger partial charge is 0.480 e. The number of rotatable bonds is 6. The summed E-state index contributed by atoms with van der Waals surface area (Å²) in [6.07, 6.45) is 0. The Bertz CT molecular complexity index is 427. The maximum atomic E-state index is 13.3. The van der Waals surface area contributed by atoms with Crippen molar-refractivity contribution >= 4 is 17.6 Å². The van der Waals surface area contributed by atoms with Crippen LogP contribution in [0.25, 0.3) is 0 Å². The Morgan fingerprint density at radius 3 is 2.72 bits per heavy atom. The highest BCUT2D eigenvalue weighted by Gasteiger charge is 2.20. The third kappa shape index (κ3) is 4.25. The van der Waals surface area contributed by atoms with Crippen molar-refractivity contribution in [3.63, 3.8) is 0 Å². The van der Waals surface area contributed by atoms with E-state index in [9.17, 15) is 9.18 Å². The van der Waals surface area contributed by atoms with Crippen LogP contribution in [0.5, 0.6) is 0 Å². The smallest absolute Gasteiger partial charge is 0.325 e. The summed E-state index contributed by atoms with van der Waals surface area (Å²) in [6, 6.07) is 3.07. The maximum Gasteiger partial charge on any atom is 0.325 e. The Morgan fingerprint density at radius 1 is 1.56 bits per heavy atom. The zero-order valence-corrected chi connectivity index (χ0v) is 11.0. The second-order valence-corrected chi connectivity index (χ2v) is 4.61. The van der Waals surface area contributed by atoms with Gasteiger partial charge in [-0.15, -0.1) is 0 Å². The van der Waals surface area contributed by atoms with Crippen molar-refractivity contribution in [2.75, 3.05) is 27.2 Å². The zero-order chi connectivity index (χ0) is 13.7. The summed E-state index contributed by atoms with van der Waals surface area (Å²) in [5.74, 6) is -1.66. The number of likely N-dealkylation sites (N-methyl/N-ethyl adjacent to an activating group) is 1. The summed E-state index contributed by atoms with van der Waals surface area (Å²) < 4.78 is 13.3. The molecule has 0 aliphatic rings. The van der Waals surface area contributed by atoms with E-state index < -0.39 is 17.8 Å². The lowest BCUT2D eigenvalue weighted by atomic mass is 10.1. The van der Waals surface area contributed by atoms with Crippen LogP contribution in [0.1, 0.15) is 11.6 Å². The molecule has 1 rings (SSSR count). The summed E-state index contributed by atoms with van der Waals surface area (Å²) in [4.78, 5) is 13.1. The Morgan fingerprint density at radius 2 is 2.22 bits per heavy atom. The van der Waals surface area contributed by atoms with Crippen LogP contribution in [0.15, 0.2) is 18.2 Å². The number of halogens is 2. The number of carboxylic acids is 1. The summed E-state index contributed by atoms with van der Waals surface area (Å²) in [7, 11) is 3.78. The molecule has 6 heteroatoms. The molecule has 0 fully saturated rings. The van der Waals surface area contributed by atoms with E-state index in [-0.39, 0.29) is 5.02 Å². The summed E-state index contributed by atoms with van der Waals surface area (Å²) in [5.41, 5.74) is 0.350. The van der Waals surface area contributed by atoms with Crippen molar-refractivity contribution in [1.82, 2.24) is 10.2 Å². The Labute approximate surface area is 110 Å². The van der Waals surface area contributed by atoms with E-state index in [0.29, 0.717) is 18.7 Å². The molecular weight excluding hydrogens is 259 g/mol. The molecule has 0 radical (unpaired) electrons. The number of carbonyl (C=O) groups is 1. The predicted octanol–water partition coefficient (Wildman–Crippen LogP) is 1.76. The molecule has 4 nitrogen and oxygen atoms in total. The average Bonchev–Trinajstić information content (AvgIpc) is 2.27. The van der Waals surface area contributed by atoms with Gasteiger partial charge in [-0.1, -0.05) is 17.7 Å². The molecule has 0 saturated heterocycles. The molecule has 1 unspecified atom stereocenters. The Hall–Kier alpha value is -1.17. The van der Waals surface area contributed by atoms with E-state index in [1.165, 1.54) is 12.1 Å². The molecular formula is C12H16ClFN2O2. The van der Waals surface area contributed by atoms with E-state index in [2.05, 4.69) is 5.32 Å². The van der Waals surface area contributed by atoms with E-state index in [1.54, 1.807) is 0 Å². The van der Waals surface area contributed by atoms with E-state index >= 15 is 0 Å². The monoisotopic (exact) mass is 274 g/mol. The van der Waals surface area contributed by atoms with Gasteiger partial charge in [-0.25, -0.2) is 4.39 Å². The van der Waals surface area contributed by atoms with Crippen LogP contribution in [-0.2, 0) is 4.79 Å². The second kappa shape index (κ2) is 6.68. The van der Waals surface area contributed by atoms with Crippen LogP contribution in [0.4, 0.5) is 4.39 Å². The maximum absolute atomic E-state index is 13.3. The number of nitrogens with zero attached hydrogens (tertiary/aromatic N) is 1. The lowest BCUT2D eigenvalue weighted by molar-refractivity contribution is -0.139. The molecule has 0 spiro atoms. The van der Waals surface area contributed by atoms with Crippen molar-refractivity contribution in [3.8, 4) is 0 Å². The zero-order valence-electron chi connectivity index (χ0n) is 10.3. The minimum atomic E-state index is -1.05. The number of hydrogen-bond donors (Lipinski definition) is 2. The fourth-order valence-corrected chi connectivity index (χ4v) is 1.59. The quantitative estimate of drug-likeness (QED) is 0.830. The van der Waals surface area contributed by atoms with E-state index in [1.807, 2.05) is 19.0 Å². The van der Waals surface area contributed by atoms with Gasteiger partial charge in [0, 0.05) is 13.1 Å². The minimum Gasteiger partial charge on any atom is -0.480 e. The molecule has 0 heterocycles. The van der Waals surface area contributed by atoms with Crippen LogP contribution < -0.4 is 5.32 Å². The third-order valence-electron chi connectivity index (χ3n) is 2.43. The number of aliphatic carboxylic acids is 1. The first-order chi connectivity index (χ1) is 8.41. The van der Waals surface area contributed by atoms with Gasteiger partial charge in [-0.05, 0) is 31.8 Å². The van der Waals surface area contributed by atoms with Crippen molar-refractivity contribution in [2.24, 2.45) is 0 Å². The molecule has 18 heavy (non-hydrogen) atoms. The molecule has 0 aliphatic heterocycles. The van der Waals surface area contributed by atoms with Gasteiger partial charge in [0.25, 0.3) is 0 Å². The fourth-order valence-electron chi connectivity index (χ4n) is 1.47. The highest BCUT2D eigenvalue weighted by molar-refractivity contribution is 6.30. The Balaban J connectivity index is 2.78. The highest BCUT2D eigenvalue weighted by Crippen LogP contribution is 2.20. The van der Waals surface area contributed by atoms with Gasteiger partial charge < -0.3 is 10.0 Å². The van der Waals surface area contributed by atoms with Gasteiger partial charge in [0.05, 0.1) is 5.02 Å². The van der Waals surface area contributed by atoms with Gasteiger partial charge >= 0.3 is 5.97 Å². The number of benzene rings is 1. The highest BCUT2D eigenvalue weighted by atomic mass is 35.5. The van der Waals surface area contributed by atoms with Crippen LogP contribution in [0.2, 0.25) is 5.02 Å². The lowest BCUT2D eigenvalue weighted by Crippen LogP contribution is -2.34.